The number of esters is 1. The van der Waals surface area contributed by atoms with Crippen molar-refractivity contribution in [2.24, 2.45) is 0 Å². The minimum Gasteiger partial charge on any atom is -0.462 e. The largest absolute Gasteiger partial charge is 0.462 e. The third-order valence-corrected chi connectivity index (χ3v) is 4.15. The van der Waals surface area contributed by atoms with E-state index in [0.29, 0.717) is 28.5 Å². The van der Waals surface area contributed by atoms with Crippen LogP contribution in [-0.4, -0.2) is 12.6 Å². The van der Waals surface area contributed by atoms with Crippen molar-refractivity contribution in [1.29, 1.82) is 0 Å². The van der Waals surface area contributed by atoms with Crippen LogP contribution in [-0.2, 0) is 11.2 Å². The molecule has 118 valence electrons. The standard InChI is InChI=1S/C16H19FN2O2S/c1-3-5-11-9-12(16(20)21-4-2)15(22-11)19-14-7-6-10(17)8-13(14)18/h6-9,19H,3-5,18H2,1-2H3. The van der Waals surface area contributed by atoms with Gasteiger partial charge in [-0.1, -0.05) is 13.3 Å². The number of hydrogen-bond donors (Lipinski definition) is 2. The van der Waals surface area contributed by atoms with Gasteiger partial charge >= 0.3 is 5.97 Å². The van der Waals surface area contributed by atoms with Gasteiger partial charge in [0, 0.05) is 4.88 Å². The van der Waals surface area contributed by atoms with Crippen LogP contribution in [0, 0.1) is 5.82 Å². The van der Waals surface area contributed by atoms with E-state index >= 15 is 0 Å². The van der Waals surface area contributed by atoms with Crippen LogP contribution in [0.25, 0.3) is 0 Å². The molecular weight excluding hydrogens is 303 g/mol. The second kappa shape index (κ2) is 7.26. The first-order valence-corrected chi connectivity index (χ1v) is 7.98. The molecular formula is C16H19FN2O2S. The highest BCUT2D eigenvalue weighted by atomic mass is 32.1. The van der Waals surface area contributed by atoms with Crippen molar-refractivity contribution in [3.05, 3.63) is 40.5 Å². The average Bonchev–Trinajstić information content (AvgIpc) is 2.85. The summed E-state index contributed by atoms with van der Waals surface area (Å²) in [6.07, 6.45) is 1.87. The van der Waals surface area contributed by atoms with Gasteiger partial charge in [-0.05, 0) is 37.6 Å². The van der Waals surface area contributed by atoms with Gasteiger partial charge in [0.1, 0.15) is 10.8 Å². The van der Waals surface area contributed by atoms with E-state index in [1.807, 2.05) is 6.07 Å². The molecule has 4 nitrogen and oxygen atoms in total. The number of carbonyl (C=O) groups is 1. The van der Waals surface area contributed by atoms with Crippen molar-refractivity contribution in [2.45, 2.75) is 26.7 Å². The van der Waals surface area contributed by atoms with E-state index in [1.165, 1.54) is 23.5 Å². The maximum atomic E-state index is 13.1. The number of nitrogen functional groups attached to an aromatic ring is 1. The molecule has 3 N–H and O–H groups in total. The Morgan fingerprint density at radius 1 is 1.36 bits per heavy atom. The number of benzene rings is 1. The van der Waals surface area contributed by atoms with E-state index in [2.05, 4.69) is 12.2 Å². The highest BCUT2D eigenvalue weighted by Crippen LogP contribution is 2.34. The molecule has 1 heterocycles. The fraction of sp³-hybridized carbons (Fsp3) is 0.312. The molecule has 0 saturated carbocycles. The third-order valence-electron chi connectivity index (χ3n) is 3.04. The van der Waals surface area contributed by atoms with Gasteiger partial charge in [-0.15, -0.1) is 11.3 Å². The zero-order valence-electron chi connectivity index (χ0n) is 12.6. The summed E-state index contributed by atoms with van der Waals surface area (Å²) in [6.45, 7) is 4.16. The summed E-state index contributed by atoms with van der Waals surface area (Å²) in [4.78, 5) is 13.2. The Bertz CT molecular complexity index is 670. The Morgan fingerprint density at radius 3 is 2.77 bits per heavy atom. The molecule has 22 heavy (non-hydrogen) atoms. The van der Waals surface area contributed by atoms with Crippen LogP contribution in [0.3, 0.4) is 0 Å². The van der Waals surface area contributed by atoms with Crippen LogP contribution < -0.4 is 11.1 Å². The van der Waals surface area contributed by atoms with Crippen LogP contribution in [0.5, 0.6) is 0 Å². The van der Waals surface area contributed by atoms with Crippen molar-refractivity contribution < 1.29 is 13.9 Å². The third kappa shape index (κ3) is 3.76. The molecule has 0 aliphatic carbocycles. The lowest BCUT2D eigenvalue weighted by Crippen LogP contribution is -2.06. The van der Waals surface area contributed by atoms with E-state index in [0.717, 1.165) is 17.7 Å². The van der Waals surface area contributed by atoms with Gasteiger partial charge in [-0.2, -0.15) is 0 Å². The summed E-state index contributed by atoms with van der Waals surface area (Å²) in [5.74, 6) is -0.768. The van der Waals surface area contributed by atoms with E-state index < -0.39 is 5.82 Å². The number of rotatable bonds is 6. The molecule has 0 bridgehead atoms. The Hall–Kier alpha value is -2.08. The molecule has 1 aromatic heterocycles. The van der Waals surface area contributed by atoms with Crippen molar-refractivity contribution in [3.63, 3.8) is 0 Å². The van der Waals surface area contributed by atoms with E-state index in [9.17, 15) is 9.18 Å². The molecule has 1 aromatic carbocycles. The van der Waals surface area contributed by atoms with E-state index in [-0.39, 0.29) is 5.97 Å². The van der Waals surface area contributed by atoms with Crippen molar-refractivity contribution in [1.82, 2.24) is 0 Å². The minimum atomic E-state index is -0.397. The average molecular weight is 322 g/mol. The smallest absolute Gasteiger partial charge is 0.341 e. The number of halogens is 1. The Morgan fingerprint density at radius 2 is 2.14 bits per heavy atom. The number of nitrogens with one attached hydrogen (secondary N) is 1. The lowest BCUT2D eigenvalue weighted by Gasteiger charge is -2.09. The first kappa shape index (κ1) is 16.3. The van der Waals surface area contributed by atoms with Crippen LogP contribution in [0.1, 0.15) is 35.5 Å². The molecule has 0 aliphatic rings. The van der Waals surface area contributed by atoms with Crippen LogP contribution >= 0.6 is 11.3 Å². The molecule has 0 unspecified atom stereocenters. The summed E-state index contributed by atoms with van der Waals surface area (Å²) in [5.41, 5.74) is 7.15. The van der Waals surface area contributed by atoms with Crippen LogP contribution in [0.4, 0.5) is 20.8 Å². The topological polar surface area (TPSA) is 64.3 Å². The second-order valence-electron chi connectivity index (χ2n) is 4.78. The molecule has 0 aliphatic heterocycles. The maximum absolute atomic E-state index is 13.1. The second-order valence-corrected chi connectivity index (χ2v) is 5.92. The predicted octanol–water partition coefficient (Wildman–Crippen LogP) is 4.34. The van der Waals surface area contributed by atoms with Crippen LogP contribution in [0.15, 0.2) is 24.3 Å². The van der Waals surface area contributed by atoms with Gasteiger partial charge < -0.3 is 15.8 Å². The Balaban J connectivity index is 2.33. The predicted molar refractivity (Wildman–Crippen MR) is 88.4 cm³/mol. The Kier molecular flexibility index (Phi) is 5.38. The van der Waals surface area contributed by atoms with Crippen molar-refractivity contribution >= 4 is 33.7 Å². The normalized spacial score (nSPS) is 10.5. The van der Waals surface area contributed by atoms with E-state index in [1.54, 1.807) is 13.0 Å². The fourth-order valence-electron chi connectivity index (χ4n) is 2.03. The zero-order chi connectivity index (χ0) is 16.1. The summed E-state index contributed by atoms with van der Waals surface area (Å²) in [5, 5.41) is 3.78. The molecule has 6 heteroatoms. The number of aryl methyl sites for hydroxylation is 1. The Labute approximate surface area is 133 Å². The highest BCUT2D eigenvalue weighted by Gasteiger charge is 2.18. The quantitative estimate of drug-likeness (QED) is 0.613. The van der Waals surface area contributed by atoms with Crippen molar-refractivity contribution in [2.75, 3.05) is 17.7 Å². The monoisotopic (exact) mass is 322 g/mol. The summed E-state index contributed by atoms with van der Waals surface area (Å²) >= 11 is 1.48. The molecule has 0 fully saturated rings. The number of carbonyl (C=O) groups excluding carboxylic acids is 1. The summed E-state index contributed by atoms with van der Waals surface area (Å²) < 4.78 is 18.2. The van der Waals surface area contributed by atoms with Crippen LogP contribution in [0.2, 0.25) is 0 Å². The van der Waals surface area contributed by atoms with Gasteiger partial charge in [-0.3, -0.25) is 0 Å². The zero-order valence-corrected chi connectivity index (χ0v) is 13.4. The number of nitrogens with two attached hydrogens (primary N) is 1. The van der Waals surface area contributed by atoms with Crippen molar-refractivity contribution in [3.8, 4) is 0 Å². The number of ether oxygens (including phenoxy) is 1. The van der Waals surface area contributed by atoms with Gasteiger partial charge in [0.15, 0.2) is 0 Å². The van der Waals surface area contributed by atoms with Gasteiger partial charge in [0.05, 0.1) is 23.5 Å². The van der Waals surface area contributed by atoms with Gasteiger partial charge in [-0.25, -0.2) is 9.18 Å². The molecule has 2 rings (SSSR count). The molecule has 0 spiro atoms. The first-order valence-electron chi connectivity index (χ1n) is 7.17. The molecule has 0 atom stereocenters. The lowest BCUT2D eigenvalue weighted by molar-refractivity contribution is 0.0528. The summed E-state index contributed by atoms with van der Waals surface area (Å²) in [6, 6.07) is 5.96. The summed E-state index contributed by atoms with van der Waals surface area (Å²) in [7, 11) is 0. The lowest BCUT2D eigenvalue weighted by atomic mass is 10.2. The molecule has 0 saturated heterocycles. The first-order chi connectivity index (χ1) is 10.5. The molecule has 0 amide bonds. The number of hydrogen-bond acceptors (Lipinski definition) is 5. The van der Waals surface area contributed by atoms with E-state index in [4.69, 9.17) is 10.5 Å². The molecule has 2 aromatic rings. The van der Waals surface area contributed by atoms with Gasteiger partial charge in [0.25, 0.3) is 0 Å². The highest BCUT2D eigenvalue weighted by molar-refractivity contribution is 7.16. The fourth-order valence-corrected chi connectivity index (χ4v) is 3.19. The molecule has 0 radical (unpaired) electrons. The number of anilines is 3. The number of thiophene rings is 1. The minimum absolute atomic E-state index is 0.292. The van der Waals surface area contributed by atoms with Gasteiger partial charge in [0.2, 0.25) is 0 Å². The SMILES string of the molecule is CCCc1cc(C(=O)OCC)c(Nc2ccc(F)cc2N)s1. The maximum Gasteiger partial charge on any atom is 0.341 e.